The molecule has 5 rings (SSSR count). The Kier molecular flexibility index (Phi) is 4.68. The largest absolute Gasteiger partial charge is 0.338 e. The van der Waals surface area contributed by atoms with Crippen LogP contribution in [0.15, 0.2) is 70.6 Å². The highest BCUT2D eigenvalue weighted by Gasteiger charge is 2.14. The van der Waals surface area contributed by atoms with Gasteiger partial charge >= 0.3 is 0 Å². The van der Waals surface area contributed by atoms with Gasteiger partial charge in [0, 0.05) is 5.56 Å². The summed E-state index contributed by atoms with van der Waals surface area (Å²) in [7, 11) is 0. The zero-order valence-corrected chi connectivity index (χ0v) is 16.1. The minimum atomic E-state index is -0.327. The summed E-state index contributed by atoms with van der Waals surface area (Å²) in [5.74, 6) is 0.550. The number of aromatic nitrogens is 6. The Morgan fingerprint density at radius 2 is 1.67 bits per heavy atom. The van der Waals surface area contributed by atoms with E-state index < -0.39 is 0 Å². The molecule has 0 saturated heterocycles. The monoisotopic (exact) mass is 422 g/mol. The number of hydrogen-bond donors (Lipinski definition) is 0. The van der Waals surface area contributed by atoms with E-state index in [4.69, 9.17) is 4.52 Å². The molecule has 10 heteroatoms. The van der Waals surface area contributed by atoms with Gasteiger partial charge in [-0.15, -0.1) is 0 Å². The van der Waals surface area contributed by atoms with Gasteiger partial charge in [0.2, 0.25) is 11.7 Å². The third kappa shape index (κ3) is 3.52. The first kappa shape index (κ1) is 18.4. The lowest BCUT2D eigenvalue weighted by atomic mass is 10.2. The fourth-order valence-corrected chi connectivity index (χ4v) is 3.67. The van der Waals surface area contributed by atoms with Crippen LogP contribution in [0.4, 0.5) is 8.78 Å². The third-order valence-electron chi connectivity index (χ3n) is 4.30. The molecule has 0 unspecified atom stereocenters. The Balaban J connectivity index is 1.37. The number of halogens is 2. The molecule has 0 aliphatic carbocycles. The van der Waals surface area contributed by atoms with Crippen molar-refractivity contribution in [2.24, 2.45) is 0 Å². The zero-order valence-electron chi connectivity index (χ0n) is 15.2. The van der Waals surface area contributed by atoms with Gasteiger partial charge in [0.05, 0.1) is 23.0 Å². The maximum absolute atomic E-state index is 13.2. The molecule has 0 saturated carbocycles. The average molecular weight is 422 g/mol. The van der Waals surface area contributed by atoms with Crippen molar-refractivity contribution in [3.05, 3.63) is 78.6 Å². The Bertz CT molecular complexity index is 1320. The maximum atomic E-state index is 13.2. The number of fused-ring (bicyclic) bond motifs is 1. The van der Waals surface area contributed by atoms with Crippen LogP contribution in [0.3, 0.4) is 0 Å². The van der Waals surface area contributed by atoms with Gasteiger partial charge in [0.25, 0.3) is 0 Å². The van der Waals surface area contributed by atoms with Gasteiger partial charge in [-0.05, 0) is 48.5 Å². The van der Waals surface area contributed by atoms with E-state index in [-0.39, 0.29) is 11.6 Å². The Hall–Kier alpha value is -3.66. The summed E-state index contributed by atoms with van der Waals surface area (Å²) in [5.41, 5.74) is 1.97. The number of nitrogens with zero attached hydrogens (tertiary/aromatic N) is 6. The molecule has 0 atom stereocenters. The van der Waals surface area contributed by atoms with E-state index in [0.29, 0.717) is 39.4 Å². The summed E-state index contributed by atoms with van der Waals surface area (Å²) in [6, 6.07) is 11.9. The Morgan fingerprint density at radius 1 is 0.933 bits per heavy atom. The fraction of sp³-hybridized carbons (Fsp3) is 0.0500. The van der Waals surface area contributed by atoms with Gasteiger partial charge < -0.3 is 4.52 Å². The summed E-state index contributed by atoms with van der Waals surface area (Å²) < 4.78 is 33.2. The first-order valence-electron chi connectivity index (χ1n) is 8.83. The summed E-state index contributed by atoms with van der Waals surface area (Å²) >= 11 is 1.40. The van der Waals surface area contributed by atoms with Crippen LogP contribution in [-0.2, 0) is 5.75 Å². The molecule has 0 aliphatic heterocycles. The topological polar surface area (TPSA) is 82.5 Å². The molecule has 0 bridgehead atoms. The normalized spacial score (nSPS) is 11.3. The Labute approximate surface area is 172 Å². The van der Waals surface area contributed by atoms with Gasteiger partial charge in [-0.2, -0.15) is 10.1 Å². The molecule has 5 aromatic rings. The smallest absolute Gasteiger partial charge is 0.237 e. The van der Waals surface area contributed by atoms with Crippen molar-refractivity contribution in [1.29, 1.82) is 0 Å². The zero-order chi connectivity index (χ0) is 20.5. The van der Waals surface area contributed by atoms with Crippen LogP contribution in [0, 0.1) is 11.6 Å². The first-order chi connectivity index (χ1) is 14.7. The molecule has 0 fully saturated rings. The molecule has 7 nitrogen and oxygen atoms in total. The van der Waals surface area contributed by atoms with Gasteiger partial charge in [0.15, 0.2) is 5.65 Å². The van der Waals surface area contributed by atoms with Crippen LogP contribution in [0.2, 0.25) is 0 Å². The minimum absolute atomic E-state index is 0.319. The summed E-state index contributed by atoms with van der Waals surface area (Å²) in [5, 5.41) is 9.76. The van der Waals surface area contributed by atoms with E-state index in [1.165, 1.54) is 42.4 Å². The lowest BCUT2D eigenvalue weighted by Gasteiger charge is -2.03. The number of hydrogen-bond acceptors (Lipinski definition) is 7. The van der Waals surface area contributed by atoms with Crippen molar-refractivity contribution < 1.29 is 13.3 Å². The van der Waals surface area contributed by atoms with E-state index in [2.05, 4.69) is 25.2 Å². The lowest BCUT2D eigenvalue weighted by Crippen LogP contribution is -1.98. The van der Waals surface area contributed by atoms with Crippen molar-refractivity contribution in [3.63, 3.8) is 0 Å². The average Bonchev–Trinajstić information content (AvgIpc) is 3.41. The van der Waals surface area contributed by atoms with Crippen LogP contribution in [0.5, 0.6) is 0 Å². The van der Waals surface area contributed by atoms with Crippen LogP contribution in [0.1, 0.15) is 5.89 Å². The van der Waals surface area contributed by atoms with Crippen LogP contribution in [0.25, 0.3) is 28.1 Å². The number of benzene rings is 2. The molecular formula is C20H12F2N6OS. The predicted octanol–water partition coefficient (Wildman–Crippen LogP) is 4.44. The molecule has 30 heavy (non-hydrogen) atoms. The lowest BCUT2D eigenvalue weighted by molar-refractivity contribution is 0.391. The van der Waals surface area contributed by atoms with E-state index >= 15 is 0 Å². The van der Waals surface area contributed by atoms with E-state index in [1.807, 2.05) is 0 Å². The molecule has 0 spiro atoms. The van der Waals surface area contributed by atoms with Crippen molar-refractivity contribution in [2.75, 3.05) is 0 Å². The van der Waals surface area contributed by atoms with Crippen molar-refractivity contribution in [2.45, 2.75) is 10.8 Å². The molecule has 3 heterocycles. The predicted molar refractivity (Wildman–Crippen MR) is 106 cm³/mol. The van der Waals surface area contributed by atoms with Crippen LogP contribution >= 0.6 is 11.8 Å². The summed E-state index contributed by atoms with van der Waals surface area (Å²) in [6.45, 7) is 0. The van der Waals surface area contributed by atoms with Crippen LogP contribution < -0.4 is 0 Å². The second-order valence-corrected chi connectivity index (χ2v) is 7.22. The highest BCUT2D eigenvalue weighted by molar-refractivity contribution is 7.98. The fourth-order valence-electron chi connectivity index (χ4n) is 2.87. The maximum Gasteiger partial charge on any atom is 0.237 e. The van der Waals surface area contributed by atoms with Crippen molar-refractivity contribution in [3.8, 4) is 17.1 Å². The SMILES string of the molecule is Fc1ccc(-c2noc(CSc3ncnc4c3cnn4-c3ccc(F)cc3)n2)cc1. The van der Waals surface area contributed by atoms with Crippen molar-refractivity contribution in [1.82, 2.24) is 29.9 Å². The highest BCUT2D eigenvalue weighted by Crippen LogP contribution is 2.28. The van der Waals surface area contributed by atoms with Gasteiger partial charge in [-0.3, -0.25) is 0 Å². The van der Waals surface area contributed by atoms with Gasteiger partial charge in [0.1, 0.15) is 23.0 Å². The number of rotatable bonds is 5. The third-order valence-corrected chi connectivity index (χ3v) is 5.29. The molecule has 0 amide bonds. The van der Waals surface area contributed by atoms with Crippen LogP contribution in [-0.4, -0.2) is 29.9 Å². The second-order valence-electron chi connectivity index (χ2n) is 6.26. The molecule has 0 radical (unpaired) electrons. The summed E-state index contributed by atoms with van der Waals surface area (Å²) in [4.78, 5) is 13.0. The van der Waals surface area contributed by atoms with Gasteiger partial charge in [-0.1, -0.05) is 16.9 Å². The standard InChI is InChI=1S/C20H12F2N6OS/c21-13-3-1-12(2-4-13)18-26-17(29-27-18)10-30-20-16-9-25-28(19(16)23-11-24-20)15-7-5-14(22)6-8-15/h1-9,11H,10H2. The quantitative estimate of drug-likeness (QED) is 0.306. The first-order valence-corrected chi connectivity index (χ1v) is 9.82. The van der Waals surface area contributed by atoms with E-state index in [1.54, 1.807) is 35.1 Å². The molecular weight excluding hydrogens is 410 g/mol. The second kappa shape index (κ2) is 7.64. The minimum Gasteiger partial charge on any atom is -0.338 e. The van der Waals surface area contributed by atoms with E-state index in [9.17, 15) is 8.78 Å². The molecule has 0 aliphatic rings. The van der Waals surface area contributed by atoms with Gasteiger partial charge in [-0.25, -0.2) is 23.4 Å². The highest BCUT2D eigenvalue weighted by atomic mass is 32.2. The number of thioether (sulfide) groups is 1. The molecule has 2 aromatic carbocycles. The summed E-state index contributed by atoms with van der Waals surface area (Å²) in [6.07, 6.45) is 3.11. The molecule has 3 aromatic heterocycles. The molecule has 148 valence electrons. The Morgan fingerprint density at radius 3 is 2.43 bits per heavy atom. The molecule has 0 N–H and O–H groups in total. The van der Waals surface area contributed by atoms with Crippen molar-refractivity contribution >= 4 is 22.8 Å². The van der Waals surface area contributed by atoms with E-state index in [0.717, 1.165) is 5.39 Å².